The van der Waals surface area contributed by atoms with E-state index in [1.165, 1.54) is 5.56 Å². The van der Waals surface area contributed by atoms with Gasteiger partial charge in [-0.05, 0) is 43.8 Å². The Balaban J connectivity index is 2.30. The molecule has 0 heterocycles. The van der Waals surface area contributed by atoms with Crippen LogP contribution in [0.3, 0.4) is 0 Å². The summed E-state index contributed by atoms with van der Waals surface area (Å²) >= 11 is 0. The number of rotatable bonds is 2. The summed E-state index contributed by atoms with van der Waals surface area (Å²) in [5.74, 6) is 1.11. The lowest BCUT2D eigenvalue weighted by Crippen LogP contribution is -2.29. The number of hydrogen-bond acceptors (Lipinski definition) is 2. The molecule has 0 aromatic heterocycles. The minimum atomic E-state index is -1.56. The van der Waals surface area contributed by atoms with Crippen molar-refractivity contribution in [3.05, 3.63) is 29.3 Å². The zero-order chi connectivity index (χ0) is 11.1. The fourth-order valence-electron chi connectivity index (χ4n) is 1.83. The van der Waals surface area contributed by atoms with Crippen LogP contribution in [-0.2, 0) is 6.42 Å². The van der Waals surface area contributed by atoms with E-state index in [4.69, 9.17) is 4.43 Å². The van der Waals surface area contributed by atoms with Crippen LogP contribution >= 0.6 is 0 Å². The van der Waals surface area contributed by atoms with Gasteiger partial charge < -0.3 is 4.43 Å². The lowest BCUT2D eigenvalue weighted by atomic mass is 10.1. The molecule has 3 heteroatoms. The zero-order valence-corrected chi connectivity index (χ0v) is 10.5. The number of carbonyl (C=O) groups excluding carboxylic acids is 1. The van der Waals surface area contributed by atoms with Crippen molar-refractivity contribution in [2.45, 2.75) is 32.5 Å². The van der Waals surface area contributed by atoms with E-state index in [1.54, 1.807) is 0 Å². The van der Waals surface area contributed by atoms with Crippen LogP contribution in [-0.4, -0.2) is 14.1 Å². The molecule has 0 aliphatic heterocycles. The van der Waals surface area contributed by atoms with Gasteiger partial charge in [-0.3, -0.25) is 4.79 Å². The standard InChI is InChI=1S/C12H16O2Si/c1-15(2,3)14-10-6-4-9-5-7-12(13)11(9)8-10/h4,6,8H,5,7H2,1-3H3. The number of Topliss-reactive ketones (excluding diaryl/α,β-unsaturated/α-hetero) is 1. The second-order valence-electron chi connectivity index (χ2n) is 4.96. The number of fused-ring (bicyclic) bond motifs is 1. The molecule has 0 N–H and O–H groups in total. The number of ketones is 1. The maximum Gasteiger partial charge on any atom is 0.242 e. The highest BCUT2D eigenvalue weighted by atomic mass is 28.4. The molecule has 0 saturated heterocycles. The van der Waals surface area contributed by atoms with Crippen molar-refractivity contribution in [1.82, 2.24) is 0 Å². The number of benzene rings is 1. The Morgan fingerprint density at radius 3 is 2.60 bits per heavy atom. The first kappa shape index (κ1) is 10.4. The van der Waals surface area contributed by atoms with Gasteiger partial charge in [-0.15, -0.1) is 0 Å². The van der Waals surface area contributed by atoms with Crippen molar-refractivity contribution in [2.24, 2.45) is 0 Å². The Labute approximate surface area is 91.4 Å². The summed E-state index contributed by atoms with van der Waals surface area (Å²) in [6.45, 7) is 6.42. The first-order chi connectivity index (χ1) is 6.96. The molecule has 1 aromatic carbocycles. The zero-order valence-electron chi connectivity index (χ0n) is 9.46. The number of carbonyl (C=O) groups is 1. The molecule has 2 nitrogen and oxygen atoms in total. The quantitative estimate of drug-likeness (QED) is 0.716. The molecule has 15 heavy (non-hydrogen) atoms. The Hall–Kier alpha value is -1.09. The Morgan fingerprint density at radius 1 is 1.20 bits per heavy atom. The molecule has 0 saturated carbocycles. The van der Waals surface area contributed by atoms with Crippen molar-refractivity contribution in [3.8, 4) is 5.75 Å². The van der Waals surface area contributed by atoms with Crippen LogP contribution in [0.4, 0.5) is 0 Å². The average Bonchev–Trinajstić information content (AvgIpc) is 2.45. The van der Waals surface area contributed by atoms with Crippen LogP contribution in [0, 0.1) is 0 Å². The van der Waals surface area contributed by atoms with Gasteiger partial charge in [-0.1, -0.05) is 6.07 Å². The molecule has 0 amide bonds. The molecule has 2 rings (SSSR count). The molecule has 0 bridgehead atoms. The highest BCUT2D eigenvalue weighted by Crippen LogP contribution is 2.27. The molecule has 1 aliphatic carbocycles. The monoisotopic (exact) mass is 220 g/mol. The van der Waals surface area contributed by atoms with E-state index in [9.17, 15) is 4.79 Å². The number of aryl methyl sites for hydroxylation is 1. The van der Waals surface area contributed by atoms with Crippen molar-refractivity contribution in [2.75, 3.05) is 0 Å². The molecule has 1 aliphatic rings. The first-order valence-corrected chi connectivity index (χ1v) is 8.72. The van der Waals surface area contributed by atoms with Gasteiger partial charge in [-0.25, -0.2) is 0 Å². The fourth-order valence-corrected chi connectivity index (χ4v) is 2.67. The van der Waals surface area contributed by atoms with Gasteiger partial charge in [0.15, 0.2) is 5.78 Å². The van der Waals surface area contributed by atoms with Crippen molar-refractivity contribution >= 4 is 14.1 Å². The maximum atomic E-state index is 11.5. The SMILES string of the molecule is C[Si](C)(C)Oc1ccc2c(c1)C(=O)CC2. The van der Waals surface area contributed by atoms with Gasteiger partial charge in [0.1, 0.15) is 5.75 Å². The van der Waals surface area contributed by atoms with E-state index in [0.717, 1.165) is 17.7 Å². The highest BCUT2D eigenvalue weighted by molar-refractivity contribution is 6.70. The minimum absolute atomic E-state index is 0.256. The summed E-state index contributed by atoms with van der Waals surface area (Å²) in [6, 6.07) is 5.91. The summed E-state index contributed by atoms with van der Waals surface area (Å²) in [5, 5.41) is 0. The van der Waals surface area contributed by atoms with Crippen molar-refractivity contribution in [3.63, 3.8) is 0 Å². The lowest BCUT2D eigenvalue weighted by Gasteiger charge is -2.19. The summed E-state index contributed by atoms with van der Waals surface area (Å²) in [7, 11) is -1.56. The second kappa shape index (κ2) is 3.49. The molecular weight excluding hydrogens is 204 g/mol. The largest absolute Gasteiger partial charge is 0.544 e. The van der Waals surface area contributed by atoms with E-state index < -0.39 is 8.32 Å². The van der Waals surface area contributed by atoms with E-state index in [-0.39, 0.29) is 5.78 Å². The van der Waals surface area contributed by atoms with E-state index in [1.807, 2.05) is 18.2 Å². The predicted molar refractivity (Wildman–Crippen MR) is 63.1 cm³/mol. The summed E-state index contributed by atoms with van der Waals surface area (Å²) in [5.41, 5.74) is 2.04. The van der Waals surface area contributed by atoms with Crippen LogP contribution in [0.25, 0.3) is 0 Å². The average molecular weight is 220 g/mol. The molecule has 0 unspecified atom stereocenters. The molecule has 80 valence electrons. The summed E-state index contributed by atoms with van der Waals surface area (Å²) < 4.78 is 5.86. The first-order valence-electron chi connectivity index (χ1n) is 5.31. The number of hydrogen-bond donors (Lipinski definition) is 0. The summed E-state index contributed by atoms with van der Waals surface area (Å²) in [6.07, 6.45) is 1.55. The topological polar surface area (TPSA) is 26.3 Å². The van der Waals surface area contributed by atoms with Gasteiger partial charge in [0.25, 0.3) is 0 Å². The van der Waals surface area contributed by atoms with Crippen LogP contribution in [0.2, 0.25) is 19.6 Å². The molecule has 0 atom stereocenters. The Bertz CT molecular complexity index is 405. The van der Waals surface area contributed by atoms with Crippen LogP contribution < -0.4 is 4.43 Å². The fraction of sp³-hybridized carbons (Fsp3) is 0.417. The summed E-state index contributed by atoms with van der Waals surface area (Å²) in [4.78, 5) is 11.5. The molecule has 1 aromatic rings. The van der Waals surface area contributed by atoms with Gasteiger partial charge >= 0.3 is 0 Å². The van der Waals surface area contributed by atoms with Gasteiger partial charge in [0.05, 0.1) is 0 Å². The van der Waals surface area contributed by atoms with Crippen LogP contribution in [0.5, 0.6) is 5.75 Å². The lowest BCUT2D eigenvalue weighted by molar-refractivity contribution is 0.0994. The van der Waals surface area contributed by atoms with E-state index in [2.05, 4.69) is 19.6 Å². The third-order valence-corrected chi connectivity index (χ3v) is 3.28. The van der Waals surface area contributed by atoms with Crippen LogP contribution in [0.15, 0.2) is 18.2 Å². The van der Waals surface area contributed by atoms with Gasteiger partial charge in [-0.2, -0.15) is 0 Å². The molecule has 0 fully saturated rings. The maximum absolute atomic E-state index is 11.5. The molecule has 0 radical (unpaired) electrons. The third kappa shape index (κ3) is 2.29. The molecule has 0 spiro atoms. The van der Waals surface area contributed by atoms with Gasteiger partial charge in [0, 0.05) is 12.0 Å². The Morgan fingerprint density at radius 2 is 1.93 bits per heavy atom. The highest BCUT2D eigenvalue weighted by Gasteiger charge is 2.22. The second-order valence-corrected chi connectivity index (χ2v) is 9.39. The van der Waals surface area contributed by atoms with E-state index >= 15 is 0 Å². The normalized spacial score (nSPS) is 15.3. The third-order valence-electron chi connectivity index (χ3n) is 2.43. The smallest absolute Gasteiger partial charge is 0.242 e. The molecular formula is C12H16O2Si. The Kier molecular flexibility index (Phi) is 2.42. The van der Waals surface area contributed by atoms with Crippen molar-refractivity contribution < 1.29 is 9.22 Å². The van der Waals surface area contributed by atoms with Crippen LogP contribution in [0.1, 0.15) is 22.3 Å². The predicted octanol–water partition coefficient (Wildman–Crippen LogP) is 3.03. The van der Waals surface area contributed by atoms with Crippen molar-refractivity contribution in [1.29, 1.82) is 0 Å². The van der Waals surface area contributed by atoms with E-state index in [0.29, 0.717) is 6.42 Å². The van der Waals surface area contributed by atoms with Gasteiger partial charge in [0.2, 0.25) is 8.32 Å². The minimum Gasteiger partial charge on any atom is -0.544 e.